The van der Waals surface area contributed by atoms with Gasteiger partial charge in [0.15, 0.2) is 0 Å². The van der Waals surface area contributed by atoms with Crippen LogP contribution in [0.2, 0.25) is 0 Å². The molecule has 2 fully saturated rings. The average Bonchev–Trinajstić information content (AvgIpc) is 2.46. The topological polar surface area (TPSA) is 90.3 Å². The average molecular weight is 286 g/mol. The number of urea groups is 1. The second kappa shape index (κ2) is 6.90. The quantitative estimate of drug-likeness (QED) is 0.769. The second-order valence-electron chi connectivity index (χ2n) is 5.33. The van der Waals surface area contributed by atoms with Gasteiger partial charge in [-0.2, -0.15) is 0 Å². The van der Waals surface area contributed by atoms with Gasteiger partial charge in [-0.05, 0) is 19.3 Å². The fraction of sp³-hybridized carbons (Fsp3) is 0.846. The lowest BCUT2D eigenvalue weighted by molar-refractivity contribution is -0.139. The Kier molecular flexibility index (Phi) is 5.19. The van der Waals surface area contributed by atoms with E-state index in [0.717, 1.165) is 19.3 Å². The Morgan fingerprint density at radius 2 is 1.90 bits per heavy atom. The molecule has 114 valence electrons. The van der Waals surface area contributed by atoms with Crippen molar-refractivity contribution in [2.75, 3.05) is 32.9 Å². The molecule has 0 bridgehead atoms. The molecule has 7 heteroatoms. The monoisotopic (exact) mass is 286 g/mol. The van der Waals surface area contributed by atoms with Gasteiger partial charge in [0.05, 0.1) is 38.3 Å². The van der Waals surface area contributed by atoms with E-state index in [2.05, 4.69) is 0 Å². The number of carboxylic acid groups (broad SMARTS) is 1. The van der Waals surface area contributed by atoms with E-state index < -0.39 is 12.0 Å². The molecule has 0 radical (unpaired) electrons. The first-order valence-electron chi connectivity index (χ1n) is 7.11. The predicted molar refractivity (Wildman–Crippen MR) is 70.4 cm³/mol. The maximum Gasteiger partial charge on any atom is 0.320 e. The maximum absolute atomic E-state index is 12.6. The van der Waals surface area contributed by atoms with E-state index in [1.807, 2.05) is 0 Å². The number of nitrogens with zero attached hydrogens (tertiary/aromatic N) is 2. The highest BCUT2D eigenvalue weighted by Gasteiger charge is 2.35. The number of carboxylic acids is 1. The highest BCUT2D eigenvalue weighted by atomic mass is 16.5. The number of rotatable bonds is 3. The molecule has 2 atom stereocenters. The minimum absolute atomic E-state index is 0.0420. The van der Waals surface area contributed by atoms with Crippen molar-refractivity contribution in [3.05, 3.63) is 0 Å². The van der Waals surface area contributed by atoms with Crippen molar-refractivity contribution in [3.8, 4) is 0 Å². The number of likely N-dealkylation sites (tertiary alicyclic amines) is 1. The van der Waals surface area contributed by atoms with E-state index in [9.17, 15) is 14.7 Å². The molecule has 2 heterocycles. The summed E-state index contributed by atoms with van der Waals surface area (Å²) in [7, 11) is 0. The molecule has 0 spiro atoms. The summed E-state index contributed by atoms with van der Waals surface area (Å²) in [4.78, 5) is 26.8. The highest BCUT2D eigenvalue weighted by Crippen LogP contribution is 2.21. The van der Waals surface area contributed by atoms with Crippen LogP contribution in [0.25, 0.3) is 0 Å². The number of carbonyl (C=O) groups is 2. The van der Waals surface area contributed by atoms with E-state index in [1.54, 1.807) is 9.80 Å². The summed E-state index contributed by atoms with van der Waals surface area (Å²) >= 11 is 0. The molecule has 0 saturated carbocycles. The smallest absolute Gasteiger partial charge is 0.320 e. The van der Waals surface area contributed by atoms with Gasteiger partial charge < -0.3 is 24.7 Å². The van der Waals surface area contributed by atoms with E-state index in [-0.39, 0.29) is 31.7 Å². The summed E-state index contributed by atoms with van der Waals surface area (Å²) in [5.74, 6) is -0.935. The molecule has 2 unspecified atom stereocenters. The van der Waals surface area contributed by atoms with Gasteiger partial charge >= 0.3 is 12.0 Å². The van der Waals surface area contributed by atoms with Crippen molar-refractivity contribution in [1.29, 1.82) is 0 Å². The summed E-state index contributed by atoms with van der Waals surface area (Å²) in [5.41, 5.74) is 0. The zero-order chi connectivity index (χ0) is 14.5. The number of morpholine rings is 1. The number of piperidine rings is 1. The van der Waals surface area contributed by atoms with Gasteiger partial charge in [-0.3, -0.25) is 4.79 Å². The lowest BCUT2D eigenvalue weighted by Gasteiger charge is -2.42. The standard InChI is InChI=1S/C13H22N2O5/c16-8-10-3-1-2-4-14(10)13(19)15-5-6-20-9-11(15)7-12(17)18/h10-11,16H,1-9H2,(H,17,18). The number of hydrogen-bond acceptors (Lipinski definition) is 4. The fourth-order valence-corrected chi connectivity index (χ4v) is 2.88. The van der Waals surface area contributed by atoms with Crippen LogP contribution in [-0.4, -0.2) is 77.0 Å². The van der Waals surface area contributed by atoms with Gasteiger partial charge in [-0.25, -0.2) is 4.79 Å². The van der Waals surface area contributed by atoms with Crippen LogP contribution >= 0.6 is 0 Å². The van der Waals surface area contributed by atoms with E-state index in [0.29, 0.717) is 19.7 Å². The number of amides is 2. The number of aliphatic hydroxyl groups is 1. The third-order valence-electron chi connectivity index (χ3n) is 3.97. The largest absolute Gasteiger partial charge is 0.481 e. The first kappa shape index (κ1) is 15.1. The maximum atomic E-state index is 12.6. The van der Waals surface area contributed by atoms with Crippen molar-refractivity contribution in [3.63, 3.8) is 0 Å². The van der Waals surface area contributed by atoms with Gasteiger partial charge in [0.2, 0.25) is 0 Å². The zero-order valence-corrected chi connectivity index (χ0v) is 11.5. The molecular formula is C13H22N2O5. The Balaban J connectivity index is 2.05. The van der Waals surface area contributed by atoms with Crippen LogP contribution in [0.1, 0.15) is 25.7 Å². The van der Waals surface area contributed by atoms with Gasteiger partial charge in [0.1, 0.15) is 0 Å². The molecule has 0 aromatic heterocycles. The van der Waals surface area contributed by atoms with Gasteiger partial charge in [-0.1, -0.05) is 0 Å². The predicted octanol–water partition coefficient (Wildman–Crippen LogP) is 0.129. The minimum atomic E-state index is -0.935. The van der Waals surface area contributed by atoms with Crippen LogP contribution in [0, 0.1) is 0 Å². The Labute approximate surface area is 118 Å². The highest BCUT2D eigenvalue weighted by molar-refractivity contribution is 5.76. The Bertz CT molecular complexity index is 363. The molecule has 0 aromatic carbocycles. The normalized spacial score (nSPS) is 27.4. The third kappa shape index (κ3) is 3.40. The molecule has 2 aliphatic heterocycles. The number of hydrogen-bond donors (Lipinski definition) is 2. The lowest BCUT2D eigenvalue weighted by atomic mass is 10.0. The van der Waals surface area contributed by atoms with Crippen molar-refractivity contribution in [1.82, 2.24) is 9.80 Å². The molecule has 2 saturated heterocycles. The molecular weight excluding hydrogens is 264 g/mol. The van der Waals surface area contributed by atoms with Crippen molar-refractivity contribution < 1.29 is 24.5 Å². The lowest BCUT2D eigenvalue weighted by Crippen LogP contribution is -2.57. The van der Waals surface area contributed by atoms with Crippen molar-refractivity contribution in [2.24, 2.45) is 0 Å². The molecule has 2 amide bonds. The Morgan fingerprint density at radius 3 is 2.60 bits per heavy atom. The molecule has 2 N–H and O–H groups in total. The molecule has 2 aliphatic rings. The molecule has 7 nitrogen and oxygen atoms in total. The van der Waals surface area contributed by atoms with Crippen molar-refractivity contribution in [2.45, 2.75) is 37.8 Å². The number of ether oxygens (including phenoxy) is 1. The number of aliphatic hydroxyl groups excluding tert-OH is 1. The summed E-state index contributed by atoms with van der Waals surface area (Å²) in [6.45, 7) is 1.68. The summed E-state index contributed by atoms with van der Waals surface area (Å²) in [6, 6.07) is -0.738. The van der Waals surface area contributed by atoms with Crippen LogP contribution in [0.5, 0.6) is 0 Å². The Hall–Kier alpha value is -1.34. The molecule has 0 aliphatic carbocycles. The minimum Gasteiger partial charge on any atom is -0.481 e. The van der Waals surface area contributed by atoms with Gasteiger partial charge in [-0.15, -0.1) is 0 Å². The summed E-state index contributed by atoms with van der Waals surface area (Å²) in [5, 5.41) is 18.3. The van der Waals surface area contributed by atoms with Crippen molar-refractivity contribution >= 4 is 12.0 Å². The van der Waals surface area contributed by atoms with Gasteiger partial charge in [0, 0.05) is 13.1 Å². The number of aliphatic carboxylic acids is 1. The van der Waals surface area contributed by atoms with Crippen LogP contribution in [-0.2, 0) is 9.53 Å². The van der Waals surface area contributed by atoms with Crippen LogP contribution in [0.4, 0.5) is 4.79 Å². The second-order valence-corrected chi connectivity index (χ2v) is 5.33. The zero-order valence-electron chi connectivity index (χ0n) is 11.5. The molecule has 20 heavy (non-hydrogen) atoms. The molecule has 0 aromatic rings. The fourth-order valence-electron chi connectivity index (χ4n) is 2.88. The van der Waals surface area contributed by atoms with Gasteiger partial charge in [0.25, 0.3) is 0 Å². The Morgan fingerprint density at radius 1 is 1.15 bits per heavy atom. The van der Waals surface area contributed by atoms with E-state index in [1.165, 1.54) is 0 Å². The number of carbonyl (C=O) groups excluding carboxylic acids is 1. The summed E-state index contributed by atoms with van der Waals surface area (Å²) < 4.78 is 5.28. The van der Waals surface area contributed by atoms with Crippen LogP contribution in [0.3, 0.4) is 0 Å². The van der Waals surface area contributed by atoms with E-state index in [4.69, 9.17) is 9.84 Å². The van der Waals surface area contributed by atoms with E-state index >= 15 is 0 Å². The third-order valence-corrected chi connectivity index (χ3v) is 3.97. The first-order valence-corrected chi connectivity index (χ1v) is 7.11. The SMILES string of the molecule is O=C(O)CC1COCCN1C(=O)N1CCCCC1CO. The van der Waals surface area contributed by atoms with Crippen LogP contribution < -0.4 is 0 Å². The molecule has 2 rings (SSSR count). The first-order chi connectivity index (χ1) is 9.63. The summed E-state index contributed by atoms with van der Waals surface area (Å²) in [6.07, 6.45) is 2.63. The van der Waals surface area contributed by atoms with Crippen LogP contribution in [0.15, 0.2) is 0 Å².